The topological polar surface area (TPSA) is 78.4 Å². The summed E-state index contributed by atoms with van der Waals surface area (Å²) in [6, 6.07) is 18.6. The molecule has 0 fully saturated rings. The summed E-state index contributed by atoms with van der Waals surface area (Å²) in [6.45, 7) is 1.93. The van der Waals surface area contributed by atoms with Crippen LogP contribution in [0.15, 0.2) is 60.7 Å². The molecule has 0 bridgehead atoms. The molecule has 1 atom stereocenters. The van der Waals surface area contributed by atoms with Crippen molar-refractivity contribution in [3.05, 3.63) is 76.8 Å². The molecule has 0 aliphatic carbocycles. The molecule has 5 nitrogen and oxygen atoms in total. The molecule has 3 rings (SSSR count). The normalized spacial score (nSPS) is 11.8. The molecule has 3 aromatic carbocycles. The van der Waals surface area contributed by atoms with Gasteiger partial charge in [-0.05, 0) is 47.4 Å². The van der Waals surface area contributed by atoms with Crippen molar-refractivity contribution in [2.75, 3.05) is 11.9 Å². The predicted octanol–water partition coefficient (Wildman–Crippen LogP) is 3.98. The molecule has 2 amide bonds. The number of hydrogen-bond acceptors (Lipinski definition) is 3. The average molecular weight is 397 g/mol. The third-order valence-corrected chi connectivity index (χ3v) is 5.02. The van der Waals surface area contributed by atoms with Crippen molar-refractivity contribution in [2.45, 2.75) is 19.4 Å². The molecule has 3 N–H and O–H groups in total. The number of halogens is 1. The van der Waals surface area contributed by atoms with Gasteiger partial charge >= 0.3 is 11.8 Å². The smallest absolute Gasteiger partial charge is 0.313 e. The predicted molar refractivity (Wildman–Crippen MR) is 111 cm³/mol. The van der Waals surface area contributed by atoms with E-state index in [1.54, 1.807) is 25.1 Å². The lowest BCUT2D eigenvalue weighted by Crippen LogP contribution is -2.36. The minimum absolute atomic E-state index is 0.172. The second kappa shape index (κ2) is 8.87. The molecule has 0 heterocycles. The average Bonchev–Trinajstić information content (AvgIpc) is 2.70. The third-order valence-electron chi connectivity index (χ3n) is 4.61. The van der Waals surface area contributed by atoms with Gasteiger partial charge in [0.25, 0.3) is 0 Å². The number of carbonyl (C=O) groups excluding carboxylic acids is 2. The van der Waals surface area contributed by atoms with Crippen molar-refractivity contribution in [3.63, 3.8) is 0 Å². The maximum atomic E-state index is 12.1. The lowest BCUT2D eigenvalue weighted by molar-refractivity contribution is -0.136. The number of benzene rings is 3. The lowest BCUT2D eigenvalue weighted by atomic mass is 9.99. The summed E-state index contributed by atoms with van der Waals surface area (Å²) in [7, 11) is 0. The van der Waals surface area contributed by atoms with E-state index in [-0.39, 0.29) is 6.54 Å². The highest BCUT2D eigenvalue weighted by Gasteiger charge is 2.16. The number of aliphatic hydroxyl groups is 1. The number of aliphatic hydroxyl groups excluding tert-OH is 1. The summed E-state index contributed by atoms with van der Waals surface area (Å²) >= 11 is 6.02. The van der Waals surface area contributed by atoms with Gasteiger partial charge in [-0.2, -0.15) is 0 Å². The summed E-state index contributed by atoms with van der Waals surface area (Å²) in [6.07, 6.45) is -0.451. The quantitative estimate of drug-likeness (QED) is 0.571. The molecule has 0 spiro atoms. The fraction of sp³-hybridized carbons (Fsp3) is 0.182. The number of hydrogen-bond donors (Lipinski definition) is 3. The van der Waals surface area contributed by atoms with Gasteiger partial charge in [0, 0.05) is 17.3 Å². The Hall–Kier alpha value is -2.89. The van der Waals surface area contributed by atoms with Crippen LogP contribution in [0.4, 0.5) is 5.69 Å². The van der Waals surface area contributed by atoms with Crippen LogP contribution >= 0.6 is 11.6 Å². The zero-order valence-electron chi connectivity index (χ0n) is 15.4. The Morgan fingerprint density at radius 3 is 2.54 bits per heavy atom. The van der Waals surface area contributed by atoms with Gasteiger partial charge in [0.1, 0.15) is 0 Å². The van der Waals surface area contributed by atoms with Gasteiger partial charge in [0.2, 0.25) is 0 Å². The van der Waals surface area contributed by atoms with Crippen molar-refractivity contribution >= 4 is 39.9 Å². The summed E-state index contributed by atoms with van der Waals surface area (Å²) in [4.78, 5) is 24.1. The Kier molecular flexibility index (Phi) is 6.29. The van der Waals surface area contributed by atoms with Gasteiger partial charge in [-0.15, -0.1) is 0 Å². The molecule has 1 unspecified atom stereocenters. The summed E-state index contributed by atoms with van der Waals surface area (Å²) in [5, 5.41) is 18.1. The minimum Gasteiger partial charge on any atom is -0.388 e. The minimum atomic E-state index is -0.773. The van der Waals surface area contributed by atoms with Crippen LogP contribution in [0, 0.1) is 6.92 Å². The lowest BCUT2D eigenvalue weighted by Gasteiger charge is -2.14. The van der Waals surface area contributed by atoms with Gasteiger partial charge < -0.3 is 15.7 Å². The number of amides is 2. The number of anilines is 1. The van der Waals surface area contributed by atoms with Crippen LogP contribution in [0.1, 0.15) is 23.7 Å². The Balaban J connectivity index is 1.56. The van der Waals surface area contributed by atoms with Crippen LogP contribution in [-0.2, 0) is 9.59 Å². The first-order valence-corrected chi connectivity index (χ1v) is 9.35. The Morgan fingerprint density at radius 2 is 1.71 bits per heavy atom. The fourth-order valence-electron chi connectivity index (χ4n) is 3.02. The number of carbonyl (C=O) groups is 2. The van der Waals surface area contributed by atoms with E-state index < -0.39 is 17.9 Å². The van der Waals surface area contributed by atoms with Crippen molar-refractivity contribution in [1.82, 2.24) is 5.32 Å². The fourth-order valence-corrected chi connectivity index (χ4v) is 3.20. The number of rotatable bonds is 5. The molecule has 0 radical (unpaired) electrons. The monoisotopic (exact) mass is 396 g/mol. The van der Waals surface area contributed by atoms with Gasteiger partial charge in [-0.25, -0.2) is 0 Å². The number of fused-ring (bicyclic) bond motifs is 1. The van der Waals surface area contributed by atoms with Crippen LogP contribution in [-0.4, -0.2) is 23.5 Å². The second-order valence-electron chi connectivity index (χ2n) is 6.50. The first-order valence-electron chi connectivity index (χ1n) is 8.97. The molecule has 0 aliphatic heterocycles. The highest BCUT2D eigenvalue weighted by atomic mass is 35.5. The largest absolute Gasteiger partial charge is 0.388 e. The molecular formula is C22H21ClN2O3. The van der Waals surface area contributed by atoms with Crippen LogP contribution in [0.5, 0.6) is 0 Å². The molecule has 0 aromatic heterocycles. The van der Waals surface area contributed by atoms with E-state index in [9.17, 15) is 14.7 Å². The van der Waals surface area contributed by atoms with E-state index in [1.807, 2.05) is 42.5 Å². The summed E-state index contributed by atoms with van der Waals surface area (Å²) < 4.78 is 0. The highest BCUT2D eigenvalue weighted by molar-refractivity contribution is 6.40. The highest BCUT2D eigenvalue weighted by Crippen LogP contribution is 2.26. The maximum absolute atomic E-state index is 12.1. The van der Waals surface area contributed by atoms with Crippen LogP contribution < -0.4 is 10.6 Å². The zero-order valence-corrected chi connectivity index (χ0v) is 16.2. The third kappa shape index (κ3) is 4.50. The molecule has 0 aliphatic rings. The standard InChI is InChI=1S/C22H21ClN2O3/c1-14-18(23)10-5-11-19(14)25-22(28)21(27)24-13-12-20(26)17-9-4-7-15-6-2-3-8-16(15)17/h2-11,20,26H,12-13H2,1H3,(H,24,27)(H,25,28). The van der Waals surface area contributed by atoms with Crippen molar-refractivity contribution in [3.8, 4) is 0 Å². The van der Waals surface area contributed by atoms with E-state index in [0.717, 1.165) is 16.3 Å². The molecule has 144 valence electrons. The van der Waals surface area contributed by atoms with Gasteiger partial charge in [-0.1, -0.05) is 60.1 Å². The maximum Gasteiger partial charge on any atom is 0.313 e. The van der Waals surface area contributed by atoms with Crippen LogP contribution in [0.2, 0.25) is 5.02 Å². The Labute approximate surface area is 168 Å². The van der Waals surface area contributed by atoms with Crippen LogP contribution in [0.25, 0.3) is 10.8 Å². The number of nitrogens with one attached hydrogen (secondary N) is 2. The van der Waals surface area contributed by atoms with Crippen molar-refractivity contribution in [2.24, 2.45) is 0 Å². The summed E-state index contributed by atoms with van der Waals surface area (Å²) in [5.41, 5.74) is 1.98. The van der Waals surface area contributed by atoms with E-state index in [1.165, 1.54) is 0 Å². The molecule has 0 saturated heterocycles. The van der Waals surface area contributed by atoms with Crippen molar-refractivity contribution in [1.29, 1.82) is 0 Å². The van der Waals surface area contributed by atoms with Gasteiger partial charge in [0.05, 0.1) is 6.10 Å². The zero-order chi connectivity index (χ0) is 20.1. The van der Waals surface area contributed by atoms with Crippen LogP contribution in [0.3, 0.4) is 0 Å². The molecule has 6 heteroatoms. The van der Waals surface area contributed by atoms with E-state index in [4.69, 9.17) is 11.6 Å². The molecule has 0 saturated carbocycles. The first-order chi connectivity index (χ1) is 13.5. The Bertz CT molecular complexity index is 1010. The van der Waals surface area contributed by atoms with E-state index in [0.29, 0.717) is 22.7 Å². The molecular weight excluding hydrogens is 376 g/mol. The van der Waals surface area contributed by atoms with Gasteiger partial charge in [0.15, 0.2) is 0 Å². The van der Waals surface area contributed by atoms with E-state index >= 15 is 0 Å². The van der Waals surface area contributed by atoms with E-state index in [2.05, 4.69) is 10.6 Å². The SMILES string of the molecule is Cc1c(Cl)cccc1NC(=O)C(=O)NCCC(O)c1cccc2ccccc12. The molecule has 3 aromatic rings. The summed E-state index contributed by atoms with van der Waals surface area (Å²) in [5.74, 6) is -1.53. The second-order valence-corrected chi connectivity index (χ2v) is 6.90. The Morgan fingerprint density at radius 1 is 1.00 bits per heavy atom. The first kappa shape index (κ1) is 19.9. The van der Waals surface area contributed by atoms with Crippen molar-refractivity contribution < 1.29 is 14.7 Å². The van der Waals surface area contributed by atoms with Gasteiger partial charge in [-0.3, -0.25) is 9.59 Å². The molecule has 28 heavy (non-hydrogen) atoms.